The zero-order chi connectivity index (χ0) is 27.8. The highest BCUT2D eigenvalue weighted by molar-refractivity contribution is 7.99. The lowest BCUT2D eigenvalue weighted by atomic mass is 9.95. The molecule has 0 bridgehead atoms. The quantitative estimate of drug-likeness (QED) is 0.340. The van der Waals surface area contributed by atoms with Gasteiger partial charge in [-0.15, -0.1) is 11.8 Å². The number of hydrogen-bond acceptors (Lipinski definition) is 9. The highest BCUT2D eigenvalue weighted by atomic mass is 35.5. The molecule has 2 aromatic carbocycles. The number of amides is 2. The molecule has 206 valence electrons. The van der Waals surface area contributed by atoms with Gasteiger partial charge in [-0.2, -0.15) is 0 Å². The molecule has 0 spiro atoms. The molecule has 2 aromatic rings. The highest BCUT2D eigenvalue weighted by Gasteiger charge is 2.57. The average molecular weight is 594 g/mol. The molecular weight excluding hydrogens is 569 g/mol. The van der Waals surface area contributed by atoms with Gasteiger partial charge in [-0.1, -0.05) is 53.5 Å². The molecule has 5 rings (SSSR count). The number of esters is 1. The zero-order valence-electron chi connectivity index (χ0n) is 21.0. The fourth-order valence-corrected chi connectivity index (χ4v) is 6.19. The third-order valence-corrected chi connectivity index (χ3v) is 8.49. The lowest BCUT2D eigenvalue weighted by molar-refractivity contribution is -0.311. The van der Waals surface area contributed by atoms with Gasteiger partial charge < -0.3 is 23.7 Å². The van der Waals surface area contributed by atoms with Gasteiger partial charge in [0.05, 0.1) is 34.2 Å². The van der Waals surface area contributed by atoms with Crippen LogP contribution >= 0.6 is 35.0 Å². The third kappa shape index (κ3) is 5.33. The molecule has 12 heteroatoms. The maximum absolute atomic E-state index is 13.7. The van der Waals surface area contributed by atoms with Crippen LogP contribution in [0.2, 0.25) is 10.0 Å². The number of carbonyl (C=O) groups excluding carboxylic acids is 4. The van der Waals surface area contributed by atoms with E-state index in [0.717, 1.165) is 10.5 Å². The van der Waals surface area contributed by atoms with E-state index in [0.29, 0.717) is 0 Å². The van der Waals surface area contributed by atoms with Crippen molar-refractivity contribution in [3.63, 3.8) is 0 Å². The molecule has 3 aliphatic heterocycles. The Morgan fingerprint density at radius 1 is 1.05 bits per heavy atom. The van der Waals surface area contributed by atoms with E-state index < -0.39 is 53.9 Å². The van der Waals surface area contributed by atoms with Crippen LogP contribution < -0.4 is 0 Å². The molecule has 0 N–H and O–H groups in total. The van der Waals surface area contributed by atoms with Crippen molar-refractivity contribution in [2.45, 2.75) is 55.8 Å². The number of imide groups is 1. The van der Waals surface area contributed by atoms with Crippen molar-refractivity contribution in [3.8, 4) is 0 Å². The number of hydrogen-bond donors (Lipinski definition) is 0. The van der Waals surface area contributed by atoms with E-state index in [9.17, 15) is 19.2 Å². The van der Waals surface area contributed by atoms with Crippen molar-refractivity contribution in [3.05, 3.63) is 69.2 Å². The molecule has 0 aliphatic carbocycles. The van der Waals surface area contributed by atoms with Crippen LogP contribution in [0.5, 0.6) is 0 Å². The predicted octanol–water partition coefficient (Wildman–Crippen LogP) is 4.44. The zero-order valence-corrected chi connectivity index (χ0v) is 23.3. The van der Waals surface area contributed by atoms with E-state index in [1.165, 1.54) is 30.8 Å². The van der Waals surface area contributed by atoms with Crippen LogP contribution in [0.15, 0.2) is 42.5 Å². The monoisotopic (exact) mass is 593 g/mol. The third-order valence-electron chi connectivity index (χ3n) is 6.83. The van der Waals surface area contributed by atoms with Crippen LogP contribution in [-0.2, 0) is 28.5 Å². The lowest BCUT2D eigenvalue weighted by Crippen LogP contribution is -2.67. The number of ketones is 1. The SMILES string of the molecule is CS[C@@H]1O[C@@H]2COC(c3ccccc3)O[C@H]2[C@H](OC(=O)CCC(C)=O)[C@H]1N1C(=O)c2ccc(Cl)c(Cl)c2C1=O. The number of thioether (sulfide) groups is 1. The molecule has 2 saturated heterocycles. The largest absolute Gasteiger partial charge is 0.457 e. The molecule has 0 aromatic heterocycles. The summed E-state index contributed by atoms with van der Waals surface area (Å²) in [5, 5.41) is 0.0947. The summed E-state index contributed by atoms with van der Waals surface area (Å²) < 4.78 is 24.4. The van der Waals surface area contributed by atoms with Crippen molar-refractivity contribution < 1.29 is 38.1 Å². The number of fused-ring (bicyclic) bond motifs is 2. The summed E-state index contributed by atoms with van der Waals surface area (Å²) in [6.45, 7) is 1.50. The van der Waals surface area contributed by atoms with Crippen molar-refractivity contribution in [2.75, 3.05) is 12.9 Å². The second kappa shape index (κ2) is 11.6. The van der Waals surface area contributed by atoms with Gasteiger partial charge in [0.1, 0.15) is 29.5 Å². The Balaban J connectivity index is 1.53. The van der Waals surface area contributed by atoms with Crippen LogP contribution in [0, 0.1) is 0 Å². The number of benzene rings is 2. The van der Waals surface area contributed by atoms with Crippen LogP contribution in [0.4, 0.5) is 0 Å². The Kier molecular flexibility index (Phi) is 8.32. The van der Waals surface area contributed by atoms with E-state index >= 15 is 0 Å². The number of ether oxygens (including phenoxy) is 4. The van der Waals surface area contributed by atoms with Gasteiger partial charge in [0.2, 0.25) is 0 Å². The molecule has 2 amide bonds. The fourth-order valence-electron chi connectivity index (χ4n) is 4.98. The maximum Gasteiger partial charge on any atom is 0.306 e. The van der Waals surface area contributed by atoms with Crippen LogP contribution in [0.3, 0.4) is 0 Å². The summed E-state index contributed by atoms with van der Waals surface area (Å²) in [5.41, 5.74) is 0.0260. The molecule has 9 nitrogen and oxygen atoms in total. The van der Waals surface area contributed by atoms with Gasteiger partial charge in [-0.3, -0.25) is 19.3 Å². The maximum atomic E-state index is 13.7. The van der Waals surface area contributed by atoms with Crippen molar-refractivity contribution in [2.24, 2.45) is 0 Å². The standard InChI is InChI=1S/C27H25Cl2NO8S/c1-13(31)8-11-18(32)37-23-21(30-24(33)15-9-10-16(28)20(29)19(15)25(30)34)27(39-2)36-17-12-35-26(38-22(17)23)14-6-4-3-5-7-14/h3-7,9-10,17,21-23,26-27H,8,11-12H2,1-2H3/t17-,21-,22-,23-,26?,27+/m1/s1. The summed E-state index contributed by atoms with van der Waals surface area (Å²) in [7, 11) is 0. The van der Waals surface area contributed by atoms with E-state index in [1.54, 1.807) is 6.26 Å². The molecule has 3 heterocycles. The molecule has 3 aliphatic rings. The Bertz CT molecular complexity index is 1310. The Hall–Kier alpha value is -2.47. The van der Waals surface area contributed by atoms with E-state index in [2.05, 4.69) is 0 Å². The molecular formula is C27H25Cl2NO8S. The minimum atomic E-state index is -1.12. The summed E-state index contributed by atoms with van der Waals surface area (Å²) in [4.78, 5) is 52.8. The fraction of sp³-hybridized carbons (Fsp3) is 0.407. The van der Waals surface area contributed by atoms with Gasteiger partial charge in [0.25, 0.3) is 11.8 Å². The average Bonchev–Trinajstić information content (AvgIpc) is 3.19. The van der Waals surface area contributed by atoms with Gasteiger partial charge in [0, 0.05) is 12.0 Å². The number of halogens is 2. The van der Waals surface area contributed by atoms with Crippen LogP contribution in [0.25, 0.3) is 0 Å². The van der Waals surface area contributed by atoms with Crippen molar-refractivity contribution in [1.29, 1.82) is 0 Å². The normalized spacial score (nSPS) is 28.2. The van der Waals surface area contributed by atoms with Gasteiger partial charge >= 0.3 is 5.97 Å². The highest BCUT2D eigenvalue weighted by Crippen LogP contribution is 2.43. The van der Waals surface area contributed by atoms with Crippen molar-refractivity contribution in [1.82, 2.24) is 4.90 Å². The lowest BCUT2D eigenvalue weighted by Gasteiger charge is -2.50. The van der Waals surface area contributed by atoms with E-state index in [4.69, 9.17) is 42.1 Å². The molecule has 6 atom stereocenters. The molecule has 39 heavy (non-hydrogen) atoms. The van der Waals surface area contributed by atoms with Gasteiger partial charge in [0.15, 0.2) is 12.4 Å². The topological polar surface area (TPSA) is 108 Å². The van der Waals surface area contributed by atoms with E-state index in [1.807, 2.05) is 30.3 Å². The Morgan fingerprint density at radius 3 is 2.49 bits per heavy atom. The smallest absolute Gasteiger partial charge is 0.306 e. The molecule has 0 radical (unpaired) electrons. The number of nitrogens with zero attached hydrogens (tertiary/aromatic N) is 1. The van der Waals surface area contributed by atoms with Crippen LogP contribution in [-0.4, -0.2) is 71.1 Å². The first kappa shape index (κ1) is 28.1. The second-order valence-electron chi connectivity index (χ2n) is 9.37. The minimum Gasteiger partial charge on any atom is -0.457 e. The Labute approximate surface area is 239 Å². The summed E-state index contributed by atoms with van der Waals surface area (Å²) in [6, 6.07) is 11.0. The Morgan fingerprint density at radius 2 is 1.79 bits per heavy atom. The second-order valence-corrected chi connectivity index (χ2v) is 11.1. The van der Waals surface area contributed by atoms with Gasteiger partial charge in [-0.25, -0.2) is 0 Å². The molecule has 2 fully saturated rings. The van der Waals surface area contributed by atoms with E-state index in [-0.39, 0.29) is 46.4 Å². The first-order chi connectivity index (χ1) is 18.7. The first-order valence-corrected chi connectivity index (χ1v) is 14.3. The number of rotatable bonds is 7. The predicted molar refractivity (Wildman–Crippen MR) is 143 cm³/mol. The summed E-state index contributed by atoms with van der Waals surface area (Å²) in [6.07, 6.45) is -1.87. The van der Waals surface area contributed by atoms with Crippen LogP contribution in [0.1, 0.15) is 52.3 Å². The molecule has 1 unspecified atom stereocenters. The molecule has 0 saturated carbocycles. The minimum absolute atomic E-state index is 0.00942. The number of Topliss-reactive ketones (excluding diaryl/α,β-unsaturated/α-hetero) is 1. The first-order valence-electron chi connectivity index (χ1n) is 12.3. The summed E-state index contributed by atoms with van der Waals surface area (Å²) in [5.74, 6) is -2.13. The summed E-state index contributed by atoms with van der Waals surface area (Å²) >= 11 is 13.7. The number of carbonyl (C=O) groups is 4. The van der Waals surface area contributed by atoms with Gasteiger partial charge in [-0.05, 0) is 25.3 Å². The van der Waals surface area contributed by atoms with Crippen molar-refractivity contribution >= 4 is 58.5 Å².